The molecule has 0 bridgehead atoms. The summed E-state index contributed by atoms with van der Waals surface area (Å²) in [6.07, 6.45) is -41.3. The molecule has 0 amide bonds. The lowest BCUT2D eigenvalue weighted by Crippen LogP contribution is -2.64. The molecule has 5 aliphatic heterocycles. The molecule has 0 aromatic rings. The third-order valence-electron chi connectivity index (χ3n) is 10.4. The van der Waals surface area contributed by atoms with E-state index in [1.807, 2.05) is 0 Å². The van der Waals surface area contributed by atoms with Gasteiger partial charge >= 0.3 is 0 Å². The fourth-order valence-corrected chi connectivity index (χ4v) is 6.78. The second-order valence-electron chi connectivity index (χ2n) is 14.1. The molecular formula is C30H52O26. The maximum atomic E-state index is 10.6. The predicted molar refractivity (Wildman–Crippen MR) is 167 cm³/mol. The van der Waals surface area contributed by atoms with E-state index in [4.69, 9.17) is 42.6 Å². The van der Waals surface area contributed by atoms with Crippen LogP contribution in [-0.4, -0.2) is 273 Å². The SMILES string of the molecule is OC[C@H]1O[C@H](OC[C@H]2O[C@H](OC[C@H]3O[C@H](OC[C@H]4O[C@@H](O[C@]5(CO)O[C@H](CO)[C@@H](O)[C@@H]5O)[C@H](O)[C@@H](O)[C@H]4O)[C@H](O)[C@@H](O)[C@H]3O)[C@H](O)[C@@H](O)[C@H]2O)[C@H](O)[C@@H](O)[C@H]1O. The molecule has 0 aromatic carbocycles. The molecule has 5 saturated heterocycles. The third kappa shape index (κ3) is 9.16. The molecule has 328 valence electrons. The van der Waals surface area contributed by atoms with Gasteiger partial charge in [-0.05, 0) is 0 Å². The first-order chi connectivity index (χ1) is 26.4. The van der Waals surface area contributed by atoms with Gasteiger partial charge in [0.25, 0.3) is 0 Å². The molecule has 0 aliphatic carbocycles. The van der Waals surface area contributed by atoms with E-state index in [1.165, 1.54) is 0 Å². The highest BCUT2D eigenvalue weighted by atomic mass is 16.8. The van der Waals surface area contributed by atoms with Gasteiger partial charge in [0.2, 0.25) is 5.79 Å². The van der Waals surface area contributed by atoms with Crippen molar-refractivity contribution < 1.29 is 129 Å². The lowest BCUT2D eigenvalue weighted by Gasteiger charge is -2.45. The zero-order valence-electron chi connectivity index (χ0n) is 29.3. The van der Waals surface area contributed by atoms with Crippen LogP contribution < -0.4 is 0 Å². The zero-order valence-corrected chi connectivity index (χ0v) is 29.3. The van der Waals surface area contributed by atoms with Crippen LogP contribution >= 0.6 is 0 Å². The van der Waals surface area contributed by atoms with Crippen molar-refractivity contribution in [2.24, 2.45) is 0 Å². The van der Waals surface area contributed by atoms with Crippen LogP contribution in [0.15, 0.2) is 0 Å². The van der Waals surface area contributed by atoms with Crippen LogP contribution in [0.5, 0.6) is 0 Å². The Bertz CT molecular complexity index is 1220. The Kier molecular flexibility index (Phi) is 15.7. The van der Waals surface area contributed by atoms with Gasteiger partial charge in [0.15, 0.2) is 25.2 Å². The van der Waals surface area contributed by atoms with E-state index in [-0.39, 0.29) is 0 Å². The van der Waals surface area contributed by atoms with Gasteiger partial charge < -0.3 is 129 Å². The molecule has 0 saturated carbocycles. The van der Waals surface area contributed by atoms with Gasteiger partial charge in [-0.25, -0.2) is 0 Å². The van der Waals surface area contributed by atoms with E-state index in [2.05, 4.69) is 0 Å². The molecule has 56 heavy (non-hydrogen) atoms. The van der Waals surface area contributed by atoms with Gasteiger partial charge in [-0.2, -0.15) is 0 Å². The lowest BCUT2D eigenvalue weighted by molar-refractivity contribution is -0.388. The highest BCUT2D eigenvalue weighted by Gasteiger charge is 2.59. The molecule has 5 fully saturated rings. The van der Waals surface area contributed by atoms with Crippen LogP contribution in [0, 0.1) is 0 Å². The summed E-state index contributed by atoms with van der Waals surface area (Å²) in [5.74, 6) is -2.47. The third-order valence-corrected chi connectivity index (χ3v) is 10.4. The van der Waals surface area contributed by atoms with Crippen LogP contribution in [0.3, 0.4) is 0 Å². The van der Waals surface area contributed by atoms with Crippen LogP contribution in [0.2, 0.25) is 0 Å². The molecule has 26 heteroatoms. The Balaban J connectivity index is 1.18. The molecular weight excluding hydrogens is 776 g/mol. The number of hydrogen-bond acceptors (Lipinski definition) is 26. The van der Waals surface area contributed by atoms with Gasteiger partial charge in [0.1, 0.15) is 123 Å². The Morgan fingerprint density at radius 1 is 0.357 bits per heavy atom. The summed E-state index contributed by atoms with van der Waals surface area (Å²) in [7, 11) is 0. The average molecular weight is 829 g/mol. The van der Waals surface area contributed by atoms with Crippen LogP contribution in [0.4, 0.5) is 0 Å². The molecule has 26 nitrogen and oxygen atoms in total. The quantitative estimate of drug-likeness (QED) is 0.0773. The van der Waals surface area contributed by atoms with Gasteiger partial charge in [-0.1, -0.05) is 0 Å². The first-order valence-electron chi connectivity index (χ1n) is 17.6. The molecule has 24 atom stereocenters. The number of aliphatic hydroxyl groups excluding tert-OH is 17. The minimum Gasteiger partial charge on any atom is -0.394 e. The van der Waals surface area contributed by atoms with E-state index in [9.17, 15) is 86.8 Å². The number of aliphatic hydroxyl groups is 17. The minimum atomic E-state index is -2.47. The summed E-state index contributed by atoms with van der Waals surface area (Å²) >= 11 is 0. The van der Waals surface area contributed by atoms with Gasteiger partial charge in [-0.15, -0.1) is 0 Å². The zero-order chi connectivity index (χ0) is 41.4. The van der Waals surface area contributed by atoms with E-state index in [1.54, 1.807) is 0 Å². The first kappa shape index (κ1) is 46.0. The maximum Gasteiger partial charge on any atom is 0.224 e. The normalized spacial score (nSPS) is 53.0. The molecule has 5 aliphatic rings. The van der Waals surface area contributed by atoms with Gasteiger partial charge in [0.05, 0.1) is 33.0 Å². The first-order valence-corrected chi connectivity index (χ1v) is 17.6. The monoisotopic (exact) mass is 828 g/mol. The Morgan fingerprint density at radius 3 is 1.02 bits per heavy atom. The predicted octanol–water partition coefficient (Wildman–Crippen LogP) is -11.9. The molecule has 5 rings (SSSR count). The summed E-state index contributed by atoms with van der Waals surface area (Å²) in [6.45, 7) is -4.94. The topological polar surface area (TPSA) is 427 Å². The van der Waals surface area contributed by atoms with Crippen molar-refractivity contribution in [2.75, 3.05) is 39.6 Å². The van der Waals surface area contributed by atoms with Gasteiger partial charge in [-0.3, -0.25) is 0 Å². The van der Waals surface area contributed by atoms with E-state index < -0.39 is 187 Å². The average Bonchev–Trinajstić information content (AvgIpc) is 3.43. The van der Waals surface area contributed by atoms with Crippen molar-refractivity contribution >= 4 is 0 Å². The maximum absolute atomic E-state index is 10.6. The van der Waals surface area contributed by atoms with E-state index >= 15 is 0 Å². The summed E-state index contributed by atoms with van der Waals surface area (Å²) in [5, 5.41) is 174. The Labute approximate surface area is 316 Å². The highest BCUT2D eigenvalue weighted by Crippen LogP contribution is 2.36. The summed E-state index contributed by atoms with van der Waals surface area (Å²) in [4.78, 5) is 0. The summed E-state index contributed by atoms with van der Waals surface area (Å²) in [6, 6.07) is 0. The van der Waals surface area contributed by atoms with E-state index in [0.717, 1.165) is 0 Å². The fourth-order valence-electron chi connectivity index (χ4n) is 6.78. The van der Waals surface area contributed by atoms with Crippen molar-refractivity contribution in [3.8, 4) is 0 Å². The van der Waals surface area contributed by atoms with Crippen molar-refractivity contribution in [3.05, 3.63) is 0 Å². The Morgan fingerprint density at radius 2 is 0.679 bits per heavy atom. The van der Waals surface area contributed by atoms with Crippen LogP contribution in [0.1, 0.15) is 0 Å². The number of hydrogen-bond donors (Lipinski definition) is 17. The molecule has 17 N–H and O–H groups in total. The largest absolute Gasteiger partial charge is 0.394 e. The van der Waals surface area contributed by atoms with Crippen molar-refractivity contribution in [1.82, 2.24) is 0 Å². The summed E-state index contributed by atoms with van der Waals surface area (Å²) < 4.78 is 48.8. The molecule has 5 heterocycles. The van der Waals surface area contributed by atoms with E-state index in [0.29, 0.717) is 0 Å². The smallest absolute Gasteiger partial charge is 0.224 e. The molecule has 0 radical (unpaired) electrons. The number of ether oxygens (including phenoxy) is 9. The molecule has 0 aromatic heterocycles. The second-order valence-corrected chi connectivity index (χ2v) is 14.1. The lowest BCUT2D eigenvalue weighted by atomic mass is 9.97. The van der Waals surface area contributed by atoms with Crippen LogP contribution in [-0.2, 0) is 42.6 Å². The summed E-state index contributed by atoms with van der Waals surface area (Å²) in [5.41, 5.74) is 0. The van der Waals surface area contributed by atoms with Crippen molar-refractivity contribution in [3.63, 3.8) is 0 Å². The minimum absolute atomic E-state index is 0.677. The molecule has 0 spiro atoms. The number of rotatable bonds is 14. The van der Waals surface area contributed by atoms with Crippen LogP contribution in [0.25, 0.3) is 0 Å². The second kappa shape index (κ2) is 19.1. The standard InChI is InChI=1S/C30H52O26/c31-1-7-12(34)17(39)21(43)26(51-7)48-3-9-13(35)18(40)22(44)27(52-9)49-4-10-14(36)19(41)23(45)28(53-10)50-5-11-15(37)20(42)24(46)29(54-11)56-30(6-33)25(47)16(38)8(2-32)55-30/h7-29,31-47H,1-6H2/t7-,8-,9-,10-,11-,12+,13+,14+,15+,16-,17+,18+,19+,20+,21-,22-,23-,24-,25+,26+,27+,28+,29+,30+/m1/s1. The van der Waals surface area contributed by atoms with Gasteiger partial charge in [0, 0.05) is 0 Å². The fraction of sp³-hybridized carbons (Fsp3) is 1.00. The van der Waals surface area contributed by atoms with Crippen molar-refractivity contribution in [1.29, 1.82) is 0 Å². The van der Waals surface area contributed by atoms with Crippen molar-refractivity contribution in [2.45, 2.75) is 147 Å². The Hall–Kier alpha value is -1.04. The molecule has 0 unspecified atom stereocenters. The highest BCUT2D eigenvalue weighted by molar-refractivity contribution is 4.99.